The molecule has 0 bridgehead atoms. The van der Waals surface area contributed by atoms with Gasteiger partial charge in [0.1, 0.15) is 11.9 Å². The van der Waals surface area contributed by atoms with Crippen LogP contribution >= 0.6 is 0 Å². The molecule has 2 aromatic rings. The van der Waals surface area contributed by atoms with Gasteiger partial charge in [-0.2, -0.15) is 10.4 Å². The summed E-state index contributed by atoms with van der Waals surface area (Å²) < 4.78 is 1.71. The number of fused-ring (bicyclic) bond motifs is 1. The fraction of sp³-hybridized carbons (Fsp3) is 0.300. The van der Waals surface area contributed by atoms with E-state index in [0.717, 1.165) is 11.3 Å². The first kappa shape index (κ1) is 8.70. The van der Waals surface area contributed by atoms with Crippen LogP contribution in [-0.2, 0) is 0 Å². The van der Waals surface area contributed by atoms with Crippen molar-refractivity contribution in [2.45, 2.75) is 20.8 Å². The Labute approximate surface area is 81.8 Å². The molecule has 0 radical (unpaired) electrons. The quantitative estimate of drug-likeness (QED) is 0.626. The molecule has 0 unspecified atom stereocenters. The van der Waals surface area contributed by atoms with E-state index in [1.807, 2.05) is 26.8 Å². The number of nitrogens with zero attached hydrogens (tertiary/aromatic N) is 4. The highest BCUT2D eigenvalue weighted by Gasteiger charge is 2.10. The summed E-state index contributed by atoms with van der Waals surface area (Å²) in [5.41, 5.74) is 3.21. The molecule has 0 spiro atoms. The lowest BCUT2D eigenvalue weighted by molar-refractivity contribution is 0.888. The van der Waals surface area contributed by atoms with Crippen LogP contribution in [0, 0.1) is 32.1 Å². The molecule has 0 saturated heterocycles. The molecule has 4 heteroatoms. The summed E-state index contributed by atoms with van der Waals surface area (Å²) >= 11 is 0. The molecule has 0 N–H and O–H groups in total. The third-order valence-corrected chi connectivity index (χ3v) is 2.20. The first-order valence-corrected chi connectivity index (χ1v) is 4.37. The average molecular weight is 186 g/mol. The van der Waals surface area contributed by atoms with Crippen LogP contribution in [0.1, 0.15) is 22.6 Å². The number of aryl methyl sites for hydroxylation is 3. The van der Waals surface area contributed by atoms with E-state index < -0.39 is 0 Å². The minimum Gasteiger partial charge on any atom is -0.217 e. The van der Waals surface area contributed by atoms with E-state index in [2.05, 4.69) is 16.2 Å². The second-order valence-electron chi connectivity index (χ2n) is 3.35. The Morgan fingerprint density at radius 2 is 2.07 bits per heavy atom. The summed E-state index contributed by atoms with van der Waals surface area (Å²) in [6, 6.07) is 4.10. The van der Waals surface area contributed by atoms with Crippen molar-refractivity contribution in [1.82, 2.24) is 14.6 Å². The van der Waals surface area contributed by atoms with Crippen molar-refractivity contribution in [2.75, 3.05) is 0 Å². The lowest BCUT2D eigenvalue weighted by Gasteiger charge is -2.02. The smallest absolute Gasteiger partial charge is 0.173 e. The molecule has 4 nitrogen and oxygen atoms in total. The number of aromatic nitrogens is 3. The number of pyridine rings is 1. The molecule has 0 atom stereocenters. The summed E-state index contributed by atoms with van der Waals surface area (Å²) in [5, 5.41) is 13.2. The molecular formula is C10H10N4. The maximum absolute atomic E-state index is 8.99. The minimum atomic E-state index is 0.608. The van der Waals surface area contributed by atoms with E-state index in [1.54, 1.807) is 4.52 Å². The summed E-state index contributed by atoms with van der Waals surface area (Å²) in [6.07, 6.45) is 0. The molecule has 0 aromatic carbocycles. The fourth-order valence-electron chi connectivity index (χ4n) is 1.58. The molecule has 70 valence electrons. The SMILES string of the molecule is Cc1nc2c(C#N)c(C)cc(C)n2n1. The topological polar surface area (TPSA) is 54.0 Å². The number of hydrogen-bond acceptors (Lipinski definition) is 3. The third-order valence-electron chi connectivity index (χ3n) is 2.20. The Kier molecular flexibility index (Phi) is 1.74. The van der Waals surface area contributed by atoms with Crippen molar-refractivity contribution in [1.29, 1.82) is 5.26 Å². The summed E-state index contributed by atoms with van der Waals surface area (Å²) in [7, 11) is 0. The van der Waals surface area contributed by atoms with Crippen LogP contribution in [0.4, 0.5) is 0 Å². The predicted molar refractivity (Wildman–Crippen MR) is 51.9 cm³/mol. The molecule has 0 aliphatic rings. The van der Waals surface area contributed by atoms with E-state index in [4.69, 9.17) is 5.26 Å². The van der Waals surface area contributed by atoms with Gasteiger partial charge in [-0.1, -0.05) is 0 Å². The van der Waals surface area contributed by atoms with Gasteiger partial charge in [-0.3, -0.25) is 0 Å². The zero-order valence-electron chi connectivity index (χ0n) is 8.37. The van der Waals surface area contributed by atoms with Crippen molar-refractivity contribution in [3.63, 3.8) is 0 Å². The molecule has 0 fully saturated rings. The van der Waals surface area contributed by atoms with E-state index in [9.17, 15) is 0 Å². The monoisotopic (exact) mass is 186 g/mol. The van der Waals surface area contributed by atoms with Gasteiger partial charge in [0.25, 0.3) is 0 Å². The van der Waals surface area contributed by atoms with Gasteiger partial charge in [0.05, 0.1) is 5.56 Å². The van der Waals surface area contributed by atoms with E-state index in [0.29, 0.717) is 17.0 Å². The second-order valence-corrected chi connectivity index (χ2v) is 3.35. The zero-order chi connectivity index (χ0) is 10.3. The largest absolute Gasteiger partial charge is 0.217 e. The first-order chi connectivity index (χ1) is 6.63. The van der Waals surface area contributed by atoms with Gasteiger partial charge < -0.3 is 0 Å². The Morgan fingerprint density at radius 1 is 1.36 bits per heavy atom. The van der Waals surface area contributed by atoms with Crippen molar-refractivity contribution in [3.05, 3.63) is 28.7 Å². The molecule has 14 heavy (non-hydrogen) atoms. The van der Waals surface area contributed by atoms with Crippen LogP contribution in [-0.4, -0.2) is 14.6 Å². The molecule has 0 amide bonds. The third kappa shape index (κ3) is 1.06. The Balaban J connectivity index is 2.99. The predicted octanol–water partition coefficient (Wildman–Crippen LogP) is 1.53. The van der Waals surface area contributed by atoms with Crippen molar-refractivity contribution in [2.24, 2.45) is 0 Å². The Morgan fingerprint density at radius 3 is 2.71 bits per heavy atom. The van der Waals surface area contributed by atoms with Crippen LogP contribution < -0.4 is 0 Å². The van der Waals surface area contributed by atoms with Crippen LogP contribution in [0.15, 0.2) is 6.07 Å². The maximum atomic E-state index is 8.99. The van der Waals surface area contributed by atoms with Gasteiger partial charge in [-0.05, 0) is 32.4 Å². The molecule has 2 aromatic heterocycles. The second kappa shape index (κ2) is 2.81. The zero-order valence-corrected chi connectivity index (χ0v) is 8.37. The van der Waals surface area contributed by atoms with E-state index in [-0.39, 0.29) is 0 Å². The van der Waals surface area contributed by atoms with Gasteiger partial charge in [-0.25, -0.2) is 9.50 Å². The molecule has 2 rings (SSSR count). The summed E-state index contributed by atoms with van der Waals surface area (Å²) in [5.74, 6) is 0.690. The normalized spacial score (nSPS) is 10.4. The van der Waals surface area contributed by atoms with Crippen molar-refractivity contribution < 1.29 is 0 Å². The van der Waals surface area contributed by atoms with Crippen LogP contribution in [0.3, 0.4) is 0 Å². The van der Waals surface area contributed by atoms with E-state index >= 15 is 0 Å². The molecular weight excluding hydrogens is 176 g/mol. The number of rotatable bonds is 0. The number of hydrogen-bond donors (Lipinski definition) is 0. The first-order valence-electron chi connectivity index (χ1n) is 4.37. The fourth-order valence-corrected chi connectivity index (χ4v) is 1.58. The number of nitriles is 1. The van der Waals surface area contributed by atoms with Gasteiger partial charge in [0.15, 0.2) is 5.65 Å². The standard InChI is InChI=1S/C10H10N4/c1-6-4-7(2)14-10(9(6)5-11)12-8(3)13-14/h4H,1-3H3. The van der Waals surface area contributed by atoms with Crippen LogP contribution in [0.5, 0.6) is 0 Å². The van der Waals surface area contributed by atoms with Crippen molar-refractivity contribution in [3.8, 4) is 6.07 Å². The Hall–Kier alpha value is -1.89. The lowest BCUT2D eigenvalue weighted by atomic mass is 10.1. The molecule has 0 saturated carbocycles. The highest BCUT2D eigenvalue weighted by Crippen LogP contribution is 2.15. The van der Waals surface area contributed by atoms with Crippen molar-refractivity contribution >= 4 is 5.65 Å². The van der Waals surface area contributed by atoms with Gasteiger partial charge in [0.2, 0.25) is 0 Å². The van der Waals surface area contributed by atoms with E-state index in [1.165, 1.54) is 0 Å². The maximum Gasteiger partial charge on any atom is 0.173 e. The van der Waals surface area contributed by atoms with Gasteiger partial charge in [-0.15, -0.1) is 0 Å². The lowest BCUT2D eigenvalue weighted by Crippen LogP contribution is -1.98. The van der Waals surface area contributed by atoms with Crippen LogP contribution in [0.2, 0.25) is 0 Å². The molecule has 0 aliphatic heterocycles. The average Bonchev–Trinajstić information content (AvgIpc) is 2.48. The Bertz CT molecular complexity index is 545. The molecule has 2 heterocycles. The van der Waals surface area contributed by atoms with Crippen LogP contribution in [0.25, 0.3) is 5.65 Å². The van der Waals surface area contributed by atoms with Gasteiger partial charge in [0, 0.05) is 5.69 Å². The minimum absolute atomic E-state index is 0.608. The summed E-state index contributed by atoms with van der Waals surface area (Å²) in [6.45, 7) is 5.69. The molecule has 0 aliphatic carbocycles. The highest BCUT2D eigenvalue weighted by atomic mass is 15.3. The summed E-state index contributed by atoms with van der Waals surface area (Å²) in [4.78, 5) is 4.23. The highest BCUT2D eigenvalue weighted by molar-refractivity contribution is 5.59. The van der Waals surface area contributed by atoms with Gasteiger partial charge >= 0.3 is 0 Å².